The van der Waals surface area contributed by atoms with Gasteiger partial charge in [-0.2, -0.15) is 4.31 Å². The Hall–Kier alpha value is -1.77. The number of hydrogen-bond donors (Lipinski definition) is 1. The lowest BCUT2D eigenvalue weighted by molar-refractivity contribution is -0.124. The number of sulfonamides is 1. The van der Waals surface area contributed by atoms with Gasteiger partial charge < -0.3 is 5.32 Å². The summed E-state index contributed by atoms with van der Waals surface area (Å²) in [5, 5.41) is 5.85. The van der Waals surface area contributed by atoms with E-state index in [2.05, 4.69) is 10.3 Å². The molecule has 146 valence electrons. The van der Waals surface area contributed by atoms with Crippen molar-refractivity contribution in [2.45, 2.75) is 51.0 Å². The van der Waals surface area contributed by atoms with Crippen LogP contribution in [0.15, 0.2) is 28.5 Å². The summed E-state index contributed by atoms with van der Waals surface area (Å²) in [4.78, 5) is 17.2. The summed E-state index contributed by atoms with van der Waals surface area (Å²) < 4.78 is 27.4. The average Bonchev–Trinajstić information content (AvgIpc) is 3.26. The van der Waals surface area contributed by atoms with Gasteiger partial charge in [-0.05, 0) is 56.9 Å². The molecule has 1 N–H and O–H groups in total. The molecule has 0 radical (unpaired) electrons. The molecule has 0 saturated carbocycles. The van der Waals surface area contributed by atoms with Gasteiger partial charge in [0.15, 0.2) is 0 Å². The van der Waals surface area contributed by atoms with E-state index >= 15 is 0 Å². The Kier molecular flexibility index (Phi) is 5.98. The third kappa shape index (κ3) is 4.39. The second kappa shape index (κ2) is 8.08. The topological polar surface area (TPSA) is 79.4 Å². The van der Waals surface area contributed by atoms with E-state index in [0.717, 1.165) is 21.8 Å². The van der Waals surface area contributed by atoms with Gasteiger partial charge in [-0.3, -0.25) is 4.79 Å². The number of rotatable bonds is 6. The van der Waals surface area contributed by atoms with Crippen LogP contribution < -0.4 is 5.32 Å². The monoisotopic (exact) mass is 407 g/mol. The molecule has 1 atom stereocenters. The maximum absolute atomic E-state index is 13.0. The lowest BCUT2D eigenvalue weighted by Crippen LogP contribution is -2.46. The molecule has 1 fully saturated rings. The van der Waals surface area contributed by atoms with E-state index in [9.17, 15) is 13.2 Å². The molecule has 1 aromatic carbocycles. The van der Waals surface area contributed by atoms with E-state index in [0.29, 0.717) is 32.4 Å². The highest BCUT2D eigenvalue weighted by Gasteiger charge is 2.39. The lowest BCUT2D eigenvalue weighted by Gasteiger charge is -2.23. The first-order valence-corrected chi connectivity index (χ1v) is 11.4. The summed E-state index contributed by atoms with van der Waals surface area (Å²) in [5.41, 5.74) is 2.92. The van der Waals surface area contributed by atoms with E-state index in [1.807, 2.05) is 32.2 Å². The van der Waals surface area contributed by atoms with Crippen molar-refractivity contribution in [3.05, 3.63) is 45.4 Å². The van der Waals surface area contributed by atoms with Gasteiger partial charge in [0.1, 0.15) is 6.04 Å². The standard InChI is InChI=1S/C19H25N3O3S2/c1-13-6-7-17(11-14(13)2)27(24,25)22-10-4-5-18(22)19(23)20-9-8-16-12-26-15(3)21-16/h6-7,11-12,18H,4-5,8-10H2,1-3H3,(H,20,23). The van der Waals surface area contributed by atoms with Crippen molar-refractivity contribution >= 4 is 27.3 Å². The van der Waals surface area contributed by atoms with Gasteiger partial charge in [-0.1, -0.05) is 6.07 Å². The molecule has 0 spiro atoms. The lowest BCUT2D eigenvalue weighted by atomic mass is 10.1. The van der Waals surface area contributed by atoms with E-state index < -0.39 is 16.1 Å². The van der Waals surface area contributed by atoms with Gasteiger partial charge in [0.25, 0.3) is 0 Å². The number of amides is 1. The summed E-state index contributed by atoms with van der Waals surface area (Å²) in [6.45, 7) is 6.61. The Morgan fingerprint density at radius 3 is 2.74 bits per heavy atom. The van der Waals surface area contributed by atoms with Crippen molar-refractivity contribution in [1.82, 2.24) is 14.6 Å². The third-order valence-corrected chi connectivity index (χ3v) is 7.66. The third-order valence-electron chi connectivity index (χ3n) is 4.94. The Labute approximate surface area is 164 Å². The molecule has 1 aliphatic rings. The molecule has 2 aromatic rings. The van der Waals surface area contributed by atoms with Crippen molar-refractivity contribution in [2.24, 2.45) is 0 Å². The highest BCUT2D eigenvalue weighted by molar-refractivity contribution is 7.89. The van der Waals surface area contributed by atoms with E-state index in [4.69, 9.17) is 0 Å². The number of nitrogens with zero attached hydrogens (tertiary/aromatic N) is 2. The SMILES string of the molecule is Cc1nc(CCNC(=O)C2CCCN2S(=O)(=O)c2ccc(C)c(C)c2)cs1. The van der Waals surface area contributed by atoms with Crippen molar-refractivity contribution < 1.29 is 13.2 Å². The van der Waals surface area contributed by atoms with Crippen LogP contribution in [-0.2, 0) is 21.2 Å². The molecular formula is C19H25N3O3S2. The fourth-order valence-corrected chi connectivity index (χ4v) is 5.64. The zero-order valence-corrected chi connectivity index (χ0v) is 17.5. The molecule has 0 bridgehead atoms. The Morgan fingerprint density at radius 2 is 2.07 bits per heavy atom. The summed E-state index contributed by atoms with van der Waals surface area (Å²) in [5.74, 6) is -0.230. The van der Waals surface area contributed by atoms with Crippen LogP contribution in [0.1, 0.15) is 34.7 Å². The van der Waals surface area contributed by atoms with Crippen LogP contribution in [0.3, 0.4) is 0 Å². The number of carbonyl (C=O) groups excluding carboxylic acids is 1. The Morgan fingerprint density at radius 1 is 1.30 bits per heavy atom. The maximum Gasteiger partial charge on any atom is 0.243 e. The number of thiazole rings is 1. The van der Waals surface area contributed by atoms with Crippen molar-refractivity contribution in [1.29, 1.82) is 0 Å². The molecule has 3 rings (SSSR count). The first-order chi connectivity index (χ1) is 12.8. The fourth-order valence-electron chi connectivity index (χ4n) is 3.25. The van der Waals surface area contributed by atoms with E-state index in [1.54, 1.807) is 23.5 Å². The van der Waals surface area contributed by atoms with Crippen LogP contribution in [-0.4, -0.2) is 42.7 Å². The molecule has 6 nitrogen and oxygen atoms in total. The van der Waals surface area contributed by atoms with Crippen LogP contribution in [0.4, 0.5) is 0 Å². The molecule has 1 aromatic heterocycles. The molecule has 27 heavy (non-hydrogen) atoms. The second-order valence-corrected chi connectivity index (χ2v) is 9.87. The molecular weight excluding hydrogens is 382 g/mol. The maximum atomic E-state index is 13.0. The van der Waals surface area contributed by atoms with Crippen LogP contribution in [0.5, 0.6) is 0 Å². The van der Waals surface area contributed by atoms with E-state index in [1.165, 1.54) is 4.31 Å². The first kappa shape index (κ1) is 20.0. The van der Waals surface area contributed by atoms with E-state index in [-0.39, 0.29) is 10.8 Å². The van der Waals surface area contributed by atoms with Crippen LogP contribution in [0.25, 0.3) is 0 Å². The molecule has 2 heterocycles. The van der Waals surface area contributed by atoms with Crippen molar-refractivity contribution in [3.8, 4) is 0 Å². The largest absolute Gasteiger partial charge is 0.354 e. The molecule has 8 heteroatoms. The summed E-state index contributed by atoms with van der Waals surface area (Å²) in [7, 11) is -3.68. The molecule has 0 aliphatic carbocycles. The minimum atomic E-state index is -3.68. The molecule has 1 saturated heterocycles. The van der Waals surface area contributed by atoms with Gasteiger partial charge in [0.2, 0.25) is 15.9 Å². The number of nitrogens with one attached hydrogen (secondary N) is 1. The quantitative estimate of drug-likeness (QED) is 0.798. The normalized spacial score (nSPS) is 18.0. The van der Waals surface area contributed by atoms with Gasteiger partial charge in [-0.25, -0.2) is 13.4 Å². The molecule has 1 amide bonds. The van der Waals surface area contributed by atoms with Crippen molar-refractivity contribution in [3.63, 3.8) is 0 Å². The zero-order chi connectivity index (χ0) is 19.6. The summed E-state index contributed by atoms with van der Waals surface area (Å²) >= 11 is 1.58. The van der Waals surface area contributed by atoms with Gasteiger partial charge in [0, 0.05) is 24.9 Å². The first-order valence-electron chi connectivity index (χ1n) is 9.07. The van der Waals surface area contributed by atoms with Gasteiger partial charge in [-0.15, -0.1) is 11.3 Å². The average molecular weight is 408 g/mol. The minimum absolute atomic E-state index is 0.230. The number of aromatic nitrogens is 1. The minimum Gasteiger partial charge on any atom is -0.354 e. The highest BCUT2D eigenvalue weighted by atomic mass is 32.2. The van der Waals surface area contributed by atoms with Gasteiger partial charge in [0.05, 0.1) is 15.6 Å². The Balaban J connectivity index is 1.68. The fraction of sp³-hybridized carbons (Fsp3) is 0.474. The molecule has 1 aliphatic heterocycles. The number of carbonyl (C=O) groups is 1. The Bertz CT molecular complexity index is 937. The van der Waals surface area contributed by atoms with Crippen LogP contribution in [0.2, 0.25) is 0 Å². The summed E-state index contributed by atoms with van der Waals surface area (Å²) in [6.07, 6.45) is 1.88. The highest BCUT2D eigenvalue weighted by Crippen LogP contribution is 2.27. The summed E-state index contributed by atoms with van der Waals surface area (Å²) in [6, 6.07) is 4.47. The van der Waals surface area contributed by atoms with Gasteiger partial charge >= 0.3 is 0 Å². The predicted molar refractivity (Wildman–Crippen MR) is 106 cm³/mol. The predicted octanol–water partition coefficient (Wildman–Crippen LogP) is 2.58. The smallest absolute Gasteiger partial charge is 0.243 e. The number of hydrogen-bond acceptors (Lipinski definition) is 5. The van der Waals surface area contributed by atoms with Crippen LogP contribution in [0, 0.1) is 20.8 Å². The number of benzene rings is 1. The zero-order valence-electron chi connectivity index (χ0n) is 15.9. The molecule has 1 unspecified atom stereocenters. The van der Waals surface area contributed by atoms with Crippen LogP contribution >= 0.6 is 11.3 Å². The second-order valence-electron chi connectivity index (χ2n) is 6.92. The van der Waals surface area contributed by atoms with Crippen molar-refractivity contribution in [2.75, 3.05) is 13.1 Å². The number of aryl methyl sites for hydroxylation is 3.